The predicted octanol–water partition coefficient (Wildman–Crippen LogP) is 4.85. The minimum absolute atomic E-state index is 0.0341. The summed E-state index contributed by atoms with van der Waals surface area (Å²) < 4.78 is 54.8. The van der Waals surface area contributed by atoms with Gasteiger partial charge in [0.05, 0.1) is 18.4 Å². The van der Waals surface area contributed by atoms with Gasteiger partial charge in [0.25, 0.3) is 0 Å². The number of nitrogens with one attached hydrogen (secondary N) is 1. The molecule has 0 unspecified atom stereocenters. The fourth-order valence-corrected chi connectivity index (χ4v) is 3.45. The normalized spacial score (nSPS) is 14.1. The first-order valence-corrected chi connectivity index (χ1v) is 9.98. The van der Waals surface area contributed by atoms with E-state index < -0.39 is 17.7 Å². The van der Waals surface area contributed by atoms with E-state index >= 15 is 0 Å². The van der Waals surface area contributed by atoms with E-state index in [9.17, 15) is 22.4 Å². The Morgan fingerprint density at radius 2 is 2.03 bits per heavy atom. The number of benzene rings is 1. The predicted molar refractivity (Wildman–Crippen MR) is 105 cm³/mol. The second kappa shape index (κ2) is 8.33. The molecule has 1 amide bonds. The topological polar surface area (TPSA) is 64.7 Å². The lowest BCUT2D eigenvalue weighted by molar-refractivity contribution is -0.141. The van der Waals surface area contributed by atoms with Gasteiger partial charge in [-0.1, -0.05) is 17.7 Å². The molecule has 0 aliphatic heterocycles. The molecular weight excluding hydrogens is 438 g/mol. The van der Waals surface area contributed by atoms with Gasteiger partial charge < -0.3 is 5.32 Å². The van der Waals surface area contributed by atoms with Crippen LogP contribution in [0.3, 0.4) is 0 Å². The van der Waals surface area contributed by atoms with Crippen LogP contribution in [0.5, 0.6) is 0 Å². The first kappa shape index (κ1) is 21.4. The van der Waals surface area contributed by atoms with Crippen LogP contribution >= 0.6 is 11.6 Å². The van der Waals surface area contributed by atoms with Crippen molar-refractivity contribution < 1.29 is 22.4 Å². The highest BCUT2D eigenvalue weighted by molar-refractivity contribution is 6.31. The number of halogens is 5. The fraction of sp³-hybridized carbons (Fsp3) is 0.350. The number of rotatable bonds is 7. The van der Waals surface area contributed by atoms with E-state index in [1.165, 1.54) is 27.7 Å². The molecule has 0 bridgehead atoms. The van der Waals surface area contributed by atoms with E-state index in [1.807, 2.05) is 0 Å². The van der Waals surface area contributed by atoms with Crippen molar-refractivity contribution in [3.8, 4) is 0 Å². The van der Waals surface area contributed by atoms with E-state index in [-0.39, 0.29) is 36.4 Å². The van der Waals surface area contributed by atoms with Gasteiger partial charge in [-0.2, -0.15) is 23.4 Å². The van der Waals surface area contributed by atoms with Crippen LogP contribution in [0.2, 0.25) is 5.02 Å². The number of anilines is 1. The van der Waals surface area contributed by atoms with Crippen molar-refractivity contribution in [3.05, 3.63) is 64.5 Å². The smallest absolute Gasteiger partial charge is 0.323 e. The van der Waals surface area contributed by atoms with Crippen LogP contribution in [0.25, 0.3) is 0 Å². The highest BCUT2D eigenvalue weighted by Crippen LogP contribution is 2.42. The van der Waals surface area contributed by atoms with E-state index in [2.05, 4.69) is 15.5 Å². The molecule has 0 atom stereocenters. The van der Waals surface area contributed by atoms with Gasteiger partial charge in [0.1, 0.15) is 5.82 Å². The molecule has 2 aromatic heterocycles. The molecule has 0 spiro atoms. The molecule has 1 aliphatic carbocycles. The fourth-order valence-electron chi connectivity index (χ4n) is 3.23. The molecule has 6 nitrogen and oxygen atoms in total. The van der Waals surface area contributed by atoms with Gasteiger partial charge in [-0.3, -0.25) is 14.2 Å². The van der Waals surface area contributed by atoms with Crippen LogP contribution in [-0.2, 0) is 24.1 Å². The van der Waals surface area contributed by atoms with Crippen molar-refractivity contribution in [1.82, 2.24) is 19.6 Å². The van der Waals surface area contributed by atoms with Crippen molar-refractivity contribution >= 4 is 23.2 Å². The summed E-state index contributed by atoms with van der Waals surface area (Å²) in [6.07, 6.45) is 0.134. The van der Waals surface area contributed by atoms with E-state index in [0.29, 0.717) is 16.9 Å². The first-order chi connectivity index (χ1) is 14.7. The van der Waals surface area contributed by atoms with Crippen LogP contribution in [0.4, 0.5) is 23.2 Å². The zero-order valence-electron chi connectivity index (χ0n) is 16.2. The van der Waals surface area contributed by atoms with Crippen molar-refractivity contribution in [2.45, 2.75) is 44.4 Å². The number of hydrogen-bond donors (Lipinski definition) is 1. The van der Waals surface area contributed by atoms with Crippen LogP contribution in [-0.4, -0.2) is 25.5 Å². The summed E-state index contributed by atoms with van der Waals surface area (Å²) in [6, 6.07) is 5.12. The highest BCUT2D eigenvalue weighted by Gasteiger charge is 2.37. The number of nitrogens with zero attached hydrogens (tertiary/aromatic N) is 4. The molecular formula is C20H18ClF4N5O. The summed E-state index contributed by atoms with van der Waals surface area (Å²) in [5, 5.41) is 10.7. The average Bonchev–Trinajstić information content (AvgIpc) is 3.28. The number of amides is 1. The zero-order chi connectivity index (χ0) is 22.2. The number of aromatic nitrogens is 4. The molecule has 1 fully saturated rings. The molecule has 164 valence electrons. The number of carbonyl (C=O) groups excluding carboxylic acids is 1. The van der Waals surface area contributed by atoms with Gasteiger partial charge in [-0.05, 0) is 36.6 Å². The maximum Gasteiger partial charge on any atom is 0.435 e. The van der Waals surface area contributed by atoms with E-state index in [4.69, 9.17) is 11.6 Å². The summed E-state index contributed by atoms with van der Waals surface area (Å²) in [7, 11) is 0. The van der Waals surface area contributed by atoms with E-state index in [0.717, 1.165) is 18.9 Å². The molecule has 3 aromatic rings. The van der Waals surface area contributed by atoms with E-state index in [1.54, 1.807) is 12.3 Å². The van der Waals surface area contributed by atoms with Gasteiger partial charge in [-0.15, -0.1) is 0 Å². The maximum absolute atomic E-state index is 13.1. The van der Waals surface area contributed by atoms with Crippen molar-refractivity contribution in [1.29, 1.82) is 0 Å². The standard InChI is InChI=1S/C20H18ClF4N5O/c21-16-7-14(22)4-3-13(16)10-29-11-15(9-26-29)27-19(31)5-6-30-17(12-1-2-12)8-18(28-30)20(23,24)25/h3-4,7-9,11-12H,1-2,5-6,10H2,(H,27,31). The van der Waals surface area contributed by atoms with Crippen molar-refractivity contribution in [2.75, 3.05) is 5.32 Å². The molecule has 1 saturated carbocycles. The number of hydrogen-bond acceptors (Lipinski definition) is 3. The van der Waals surface area contributed by atoms with Crippen LogP contribution in [0, 0.1) is 5.82 Å². The third kappa shape index (κ3) is 5.25. The molecule has 11 heteroatoms. The lowest BCUT2D eigenvalue weighted by Gasteiger charge is -2.07. The first-order valence-electron chi connectivity index (χ1n) is 9.60. The molecule has 0 radical (unpaired) electrons. The second-order valence-electron chi connectivity index (χ2n) is 7.41. The molecule has 4 rings (SSSR count). The molecule has 1 aliphatic rings. The Kier molecular flexibility index (Phi) is 5.74. The Bertz CT molecular complexity index is 1100. The monoisotopic (exact) mass is 455 g/mol. The molecule has 1 N–H and O–H groups in total. The number of carbonyl (C=O) groups is 1. The van der Waals surface area contributed by atoms with Gasteiger partial charge >= 0.3 is 6.18 Å². The Balaban J connectivity index is 1.35. The zero-order valence-corrected chi connectivity index (χ0v) is 16.9. The largest absolute Gasteiger partial charge is 0.435 e. The molecule has 0 saturated heterocycles. The van der Waals surface area contributed by atoms with Crippen LogP contribution < -0.4 is 5.32 Å². The van der Waals surface area contributed by atoms with Gasteiger partial charge in [0.15, 0.2) is 5.69 Å². The van der Waals surface area contributed by atoms with Gasteiger partial charge in [0, 0.05) is 35.8 Å². The lowest BCUT2D eigenvalue weighted by atomic mass is 10.2. The summed E-state index contributed by atoms with van der Waals surface area (Å²) in [5.74, 6) is -0.736. The minimum atomic E-state index is -4.51. The summed E-state index contributed by atoms with van der Waals surface area (Å²) in [5.41, 5.74) is 0.678. The summed E-state index contributed by atoms with van der Waals surface area (Å²) in [6.45, 7) is 0.334. The Morgan fingerprint density at radius 3 is 2.71 bits per heavy atom. The highest BCUT2D eigenvalue weighted by atomic mass is 35.5. The SMILES string of the molecule is O=C(CCn1nc(C(F)(F)F)cc1C1CC1)Nc1cnn(Cc2ccc(F)cc2Cl)c1. The molecule has 2 heterocycles. The minimum Gasteiger partial charge on any atom is -0.323 e. The average molecular weight is 456 g/mol. The van der Waals surface area contributed by atoms with Gasteiger partial charge in [-0.25, -0.2) is 4.39 Å². The summed E-state index contributed by atoms with van der Waals surface area (Å²) in [4.78, 5) is 12.3. The van der Waals surface area contributed by atoms with Crippen molar-refractivity contribution in [2.24, 2.45) is 0 Å². The van der Waals surface area contributed by atoms with Gasteiger partial charge in [0.2, 0.25) is 5.91 Å². The molecule has 31 heavy (non-hydrogen) atoms. The Morgan fingerprint density at radius 1 is 1.26 bits per heavy atom. The second-order valence-corrected chi connectivity index (χ2v) is 7.82. The van der Waals surface area contributed by atoms with Crippen molar-refractivity contribution in [3.63, 3.8) is 0 Å². The maximum atomic E-state index is 13.1. The van der Waals surface area contributed by atoms with Crippen LogP contribution in [0.15, 0.2) is 36.7 Å². The third-order valence-electron chi connectivity index (χ3n) is 4.91. The summed E-state index contributed by atoms with van der Waals surface area (Å²) >= 11 is 6.01. The number of alkyl halides is 3. The lowest BCUT2D eigenvalue weighted by Crippen LogP contribution is -2.16. The van der Waals surface area contributed by atoms with Crippen LogP contribution in [0.1, 0.15) is 42.1 Å². The Hall–Kier alpha value is -2.88. The number of aryl methyl sites for hydroxylation is 1. The third-order valence-corrected chi connectivity index (χ3v) is 5.26. The molecule has 1 aromatic carbocycles. The quantitative estimate of drug-likeness (QED) is 0.518. The Labute approximate surface area is 179 Å².